The highest BCUT2D eigenvalue weighted by Crippen LogP contribution is 2.23. The number of hydrogen-bond acceptors (Lipinski definition) is 3. The highest BCUT2D eigenvalue weighted by Gasteiger charge is 2.33. The first-order valence-electron chi connectivity index (χ1n) is 8.80. The number of anilines is 1. The first-order valence-corrected chi connectivity index (χ1v) is 8.80. The molecule has 1 fully saturated rings. The Labute approximate surface area is 148 Å². The van der Waals surface area contributed by atoms with E-state index in [1.807, 2.05) is 25.1 Å². The first kappa shape index (κ1) is 17.5. The highest BCUT2D eigenvalue weighted by molar-refractivity contribution is 5.98. The Hall–Kier alpha value is -2.34. The second-order valence-corrected chi connectivity index (χ2v) is 6.91. The van der Waals surface area contributed by atoms with Crippen molar-refractivity contribution in [3.63, 3.8) is 0 Å². The molecular formula is C19H26N4O2. The molecule has 3 rings (SSSR count). The van der Waals surface area contributed by atoms with Crippen molar-refractivity contribution in [2.75, 3.05) is 39.0 Å². The molecule has 1 atom stereocenters. The van der Waals surface area contributed by atoms with Crippen molar-refractivity contribution >= 4 is 28.4 Å². The summed E-state index contributed by atoms with van der Waals surface area (Å²) in [4.78, 5) is 28.2. The molecule has 0 unspecified atom stereocenters. The minimum Gasteiger partial charge on any atom is -0.346 e. The largest absolute Gasteiger partial charge is 0.346 e. The predicted octanol–water partition coefficient (Wildman–Crippen LogP) is 2.01. The summed E-state index contributed by atoms with van der Waals surface area (Å²) in [5.74, 6) is -0.269. The van der Waals surface area contributed by atoms with Gasteiger partial charge in [0, 0.05) is 44.5 Å². The SMILES string of the molecule is CCN1C[C@@H](C(=O)Nc2ccc3ccn(CCN(C)C)c3c2)CC1=O. The summed E-state index contributed by atoms with van der Waals surface area (Å²) in [5.41, 5.74) is 1.89. The van der Waals surface area contributed by atoms with Gasteiger partial charge in [0.05, 0.1) is 11.4 Å². The third kappa shape index (κ3) is 3.85. The van der Waals surface area contributed by atoms with Crippen molar-refractivity contribution in [1.82, 2.24) is 14.4 Å². The van der Waals surface area contributed by atoms with Gasteiger partial charge >= 0.3 is 0 Å². The Balaban J connectivity index is 1.72. The molecule has 1 N–H and O–H groups in total. The zero-order valence-electron chi connectivity index (χ0n) is 15.2. The summed E-state index contributed by atoms with van der Waals surface area (Å²) < 4.78 is 2.20. The number of likely N-dealkylation sites (N-methyl/N-ethyl adjacent to an activating group) is 1. The number of hydrogen-bond donors (Lipinski definition) is 1. The third-order valence-corrected chi connectivity index (χ3v) is 4.80. The molecule has 0 saturated carbocycles. The van der Waals surface area contributed by atoms with Crippen molar-refractivity contribution in [1.29, 1.82) is 0 Å². The van der Waals surface area contributed by atoms with Gasteiger partial charge in [0.2, 0.25) is 11.8 Å². The molecule has 6 nitrogen and oxygen atoms in total. The maximum Gasteiger partial charge on any atom is 0.229 e. The van der Waals surface area contributed by atoms with E-state index < -0.39 is 0 Å². The van der Waals surface area contributed by atoms with E-state index in [2.05, 4.69) is 41.1 Å². The molecular weight excluding hydrogens is 316 g/mol. The molecule has 0 spiro atoms. The maximum absolute atomic E-state index is 12.5. The van der Waals surface area contributed by atoms with Gasteiger partial charge in [-0.15, -0.1) is 0 Å². The summed E-state index contributed by atoms with van der Waals surface area (Å²) >= 11 is 0. The zero-order chi connectivity index (χ0) is 18.0. The summed E-state index contributed by atoms with van der Waals surface area (Å²) in [7, 11) is 4.11. The lowest BCUT2D eigenvalue weighted by atomic mass is 10.1. The Morgan fingerprint density at radius 2 is 2.12 bits per heavy atom. The highest BCUT2D eigenvalue weighted by atomic mass is 16.2. The van der Waals surface area contributed by atoms with Crippen molar-refractivity contribution in [3.8, 4) is 0 Å². The maximum atomic E-state index is 12.5. The molecule has 0 aliphatic carbocycles. The number of likely N-dealkylation sites (tertiary alicyclic amines) is 1. The number of rotatable bonds is 6. The van der Waals surface area contributed by atoms with Crippen LogP contribution in [0.15, 0.2) is 30.5 Å². The molecule has 2 aromatic rings. The molecule has 0 radical (unpaired) electrons. The third-order valence-electron chi connectivity index (χ3n) is 4.80. The van der Waals surface area contributed by atoms with Gasteiger partial charge in [-0.05, 0) is 44.6 Å². The zero-order valence-corrected chi connectivity index (χ0v) is 15.2. The van der Waals surface area contributed by atoms with Gasteiger partial charge in [-0.1, -0.05) is 6.07 Å². The van der Waals surface area contributed by atoms with Crippen LogP contribution in [0.25, 0.3) is 10.9 Å². The molecule has 1 aromatic carbocycles. The molecule has 2 amide bonds. The van der Waals surface area contributed by atoms with Crippen LogP contribution in [0.1, 0.15) is 13.3 Å². The van der Waals surface area contributed by atoms with Crippen LogP contribution in [-0.2, 0) is 16.1 Å². The van der Waals surface area contributed by atoms with E-state index in [1.54, 1.807) is 4.90 Å². The van der Waals surface area contributed by atoms with Gasteiger partial charge in [0.15, 0.2) is 0 Å². The standard InChI is InChI=1S/C19H26N4O2/c1-4-22-13-15(11-18(22)24)19(25)20-16-6-5-14-7-8-23(17(14)12-16)10-9-21(2)3/h5-8,12,15H,4,9-11,13H2,1-3H3,(H,20,25)/t15-/m0/s1. The number of aromatic nitrogens is 1. The van der Waals surface area contributed by atoms with Gasteiger partial charge in [-0.25, -0.2) is 0 Å². The minimum atomic E-state index is -0.260. The lowest BCUT2D eigenvalue weighted by Gasteiger charge is -2.14. The second-order valence-electron chi connectivity index (χ2n) is 6.91. The molecule has 25 heavy (non-hydrogen) atoms. The van der Waals surface area contributed by atoms with Crippen LogP contribution in [0.4, 0.5) is 5.69 Å². The summed E-state index contributed by atoms with van der Waals surface area (Å²) in [6.45, 7) is 4.97. The van der Waals surface area contributed by atoms with Gasteiger partial charge in [0.1, 0.15) is 0 Å². The molecule has 1 saturated heterocycles. The fraction of sp³-hybridized carbons (Fsp3) is 0.474. The van der Waals surface area contributed by atoms with Gasteiger partial charge in [-0.2, -0.15) is 0 Å². The van der Waals surface area contributed by atoms with Crippen LogP contribution >= 0.6 is 0 Å². The smallest absolute Gasteiger partial charge is 0.229 e. The Kier molecular flexibility index (Phi) is 5.08. The van der Waals surface area contributed by atoms with Crippen molar-refractivity contribution < 1.29 is 9.59 Å². The number of nitrogens with zero attached hydrogens (tertiary/aromatic N) is 3. The normalized spacial score (nSPS) is 17.7. The minimum absolute atomic E-state index is 0.0654. The first-order chi connectivity index (χ1) is 12.0. The van der Waals surface area contributed by atoms with Crippen LogP contribution in [-0.4, -0.2) is 59.9 Å². The van der Waals surface area contributed by atoms with E-state index in [1.165, 1.54) is 0 Å². The Bertz CT molecular complexity index is 781. The fourth-order valence-electron chi connectivity index (χ4n) is 3.26. The van der Waals surface area contributed by atoms with E-state index in [0.29, 0.717) is 19.5 Å². The molecule has 1 aliphatic heterocycles. The van der Waals surface area contributed by atoms with Crippen LogP contribution in [0.3, 0.4) is 0 Å². The summed E-state index contributed by atoms with van der Waals surface area (Å²) in [5, 5.41) is 4.14. The lowest BCUT2D eigenvalue weighted by Crippen LogP contribution is -2.28. The quantitative estimate of drug-likeness (QED) is 0.874. The lowest BCUT2D eigenvalue weighted by molar-refractivity contribution is -0.128. The molecule has 0 bridgehead atoms. The van der Waals surface area contributed by atoms with Crippen LogP contribution in [0.2, 0.25) is 0 Å². The second kappa shape index (κ2) is 7.27. The van der Waals surface area contributed by atoms with Crippen LogP contribution in [0.5, 0.6) is 0 Å². The van der Waals surface area contributed by atoms with Gasteiger partial charge in [0.25, 0.3) is 0 Å². The van der Waals surface area contributed by atoms with Gasteiger partial charge in [-0.3, -0.25) is 9.59 Å². The predicted molar refractivity (Wildman–Crippen MR) is 99.5 cm³/mol. The number of carbonyl (C=O) groups is 2. The fourth-order valence-corrected chi connectivity index (χ4v) is 3.26. The number of carbonyl (C=O) groups excluding carboxylic acids is 2. The molecule has 1 aromatic heterocycles. The number of nitrogens with one attached hydrogen (secondary N) is 1. The monoisotopic (exact) mass is 342 g/mol. The molecule has 134 valence electrons. The summed E-state index contributed by atoms with van der Waals surface area (Å²) in [6.07, 6.45) is 2.38. The van der Waals surface area contributed by atoms with Crippen molar-refractivity contribution in [2.24, 2.45) is 5.92 Å². The Morgan fingerprint density at radius 3 is 2.80 bits per heavy atom. The van der Waals surface area contributed by atoms with Crippen LogP contribution < -0.4 is 5.32 Å². The average molecular weight is 342 g/mol. The molecule has 6 heteroatoms. The van der Waals surface area contributed by atoms with Crippen molar-refractivity contribution in [2.45, 2.75) is 19.9 Å². The van der Waals surface area contributed by atoms with Crippen LogP contribution in [0, 0.1) is 5.92 Å². The number of benzene rings is 1. The Morgan fingerprint density at radius 1 is 1.32 bits per heavy atom. The molecule has 1 aliphatic rings. The van der Waals surface area contributed by atoms with Crippen molar-refractivity contribution in [3.05, 3.63) is 30.5 Å². The van der Waals surface area contributed by atoms with Gasteiger partial charge < -0.3 is 19.7 Å². The molecule has 2 heterocycles. The van der Waals surface area contributed by atoms with E-state index in [0.717, 1.165) is 29.7 Å². The average Bonchev–Trinajstić information content (AvgIpc) is 3.15. The topological polar surface area (TPSA) is 57.6 Å². The van der Waals surface area contributed by atoms with E-state index in [4.69, 9.17) is 0 Å². The van der Waals surface area contributed by atoms with E-state index in [-0.39, 0.29) is 17.7 Å². The number of fused-ring (bicyclic) bond motifs is 1. The number of amides is 2. The van der Waals surface area contributed by atoms with E-state index in [9.17, 15) is 9.59 Å². The van der Waals surface area contributed by atoms with E-state index >= 15 is 0 Å². The summed E-state index contributed by atoms with van der Waals surface area (Å²) in [6, 6.07) is 8.04.